The van der Waals surface area contributed by atoms with Crippen LogP contribution in [-0.4, -0.2) is 28.5 Å². The van der Waals surface area contributed by atoms with Gasteiger partial charge in [-0.3, -0.25) is 4.79 Å². The summed E-state index contributed by atoms with van der Waals surface area (Å²) in [6.45, 7) is 2.51. The van der Waals surface area contributed by atoms with Crippen molar-refractivity contribution in [3.63, 3.8) is 0 Å². The molecular weight excluding hydrogens is 220 g/mol. The molecule has 1 aliphatic heterocycles. The number of rotatable bonds is 3. The molecule has 1 amide bonds. The summed E-state index contributed by atoms with van der Waals surface area (Å²) >= 11 is 0. The number of hydrogen-bond acceptors (Lipinski definition) is 6. The van der Waals surface area contributed by atoms with E-state index in [-0.39, 0.29) is 11.9 Å². The lowest BCUT2D eigenvalue weighted by molar-refractivity contribution is -0.122. The largest absolute Gasteiger partial charge is 0.365 e. The fourth-order valence-corrected chi connectivity index (χ4v) is 1.79. The first-order valence-electron chi connectivity index (χ1n) is 5.52. The quantitative estimate of drug-likeness (QED) is 0.426. The van der Waals surface area contributed by atoms with Gasteiger partial charge >= 0.3 is 0 Å². The van der Waals surface area contributed by atoms with Crippen LogP contribution in [0.5, 0.6) is 0 Å². The Kier molecular flexibility index (Phi) is 3.38. The second-order valence-electron chi connectivity index (χ2n) is 4.02. The number of carbonyl (C=O) groups is 1. The van der Waals surface area contributed by atoms with Gasteiger partial charge in [-0.2, -0.15) is 0 Å². The van der Waals surface area contributed by atoms with Gasteiger partial charge in [0, 0.05) is 24.6 Å². The molecule has 0 spiro atoms. The molecule has 1 aliphatic rings. The first kappa shape index (κ1) is 11.6. The third-order valence-corrected chi connectivity index (χ3v) is 2.83. The molecule has 92 valence electrons. The molecular formula is C10H16N6O. The Labute approximate surface area is 99.2 Å². The number of nitrogens with one attached hydrogen (secondary N) is 3. The van der Waals surface area contributed by atoms with E-state index < -0.39 is 0 Å². The van der Waals surface area contributed by atoms with E-state index in [4.69, 9.17) is 5.84 Å². The minimum absolute atomic E-state index is 0.103. The van der Waals surface area contributed by atoms with E-state index in [0.29, 0.717) is 18.8 Å². The van der Waals surface area contributed by atoms with Crippen LogP contribution in [0.2, 0.25) is 0 Å². The lowest BCUT2D eigenvalue weighted by Crippen LogP contribution is -2.42. The van der Waals surface area contributed by atoms with Crippen molar-refractivity contribution in [2.45, 2.75) is 25.8 Å². The van der Waals surface area contributed by atoms with Crippen molar-refractivity contribution < 1.29 is 4.79 Å². The maximum atomic E-state index is 11.0. The van der Waals surface area contributed by atoms with Crippen LogP contribution in [0.15, 0.2) is 6.33 Å². The molecule has 0 bridgehead atoms. The van der Waals surface area contributed by atoms with E-state index in [1.807, 2.05) is 6.92 Å². The van der Waals surface area contributed by atoms with Gasteiger partial charge in [-0.15, -0.1) is 0 Å². The van der Waals surface area contributed by atoms with Gasteiger partial charge < -0.3 is 16.1 Å². The van der Waals surface area contributed by atoms with Gasteiger partial charge in [-0.1, -0.05) is 0 Å². The van der Waals surface area contributed by atoms with E-state index in [1.54, 1.807) is 0 Å². The molecule has 1 aromatic rings. The summed E-state index contributed by atoms with van der Waals surface area (Å²) in [7, 11) is 0. The Morgan fingerprint density at radius 3 is 2.88 bits per heavy atom. The predicted molar refractivity (Wildman–Crippen MR) is 64.2 cm³/mol. The first-order valence-corrected chi connectivity index (χ1v) is 5.52. The first-order chi connectivity index (χ1) is 8.20. The van der Waals surface area contributed by atoms with Gasteiger partial charge in [-0.05, 0) is 13.3 Å². The highest BCUT2D eigenvalue weighted by atomic mass is 16.1. The SMILES string of the molecule is Cc1c(NN)ncnc1NC1CCC(=O)NC1. The van der Waals surface area contributed by atoms with Gasteiger partial charge in [-0.25, -0.2) is 15.8 Å². The molecule has 0 aromatic carbocycles. The third-order valence-electron chi connectivity index (χ3n) is 2.83. The molecule has 1 saturated heterocycles. The minimum Gasteiger partial charge on any atom is -0.365 e. The minimum atomic E-state index is 0.103. The van der Waals surface area contributed by atoms with Crippen LogP contribution in [0.4, 0.5) is 11.6 Å². The molecule has 0 aliphatic carbocycles. The number of piperidine rings is 1. The van der Waals surface area contributed by atoms with Gasteiger partial charge in [0.2, 0.25) is 5.91 Å². The smallest absolute Gasteiger partial charge is 0.220 e. The summed E-state index contributed by atoms with van der Waals surface area (Å²) < 4.78 is 0. The Bertz CT molecular complexity index is 411. The Morgan fingerprint density at radius 2 is 2.24 bits per heavy atom. The van der Waals surface area contributed by atoms with Crippen molar-refractivity contribution in [2.75, 3.05) is 17.3 Å². The number of nitrogens with two attached hydrogens (primary N) is 1. The molecule has 1 unspecified atom stereocenters. The van der Waals surface area contributed by atoms with Crippen LogP contribution in [-0.2, 0) is 4.79 Å². The molecule has 0 radical (unpaired) electrons. The summed E-state index contributed by atoms with van der Waals surface area (Å²) in [5, 5.41) is 6.10. The molecule has 1 aromatic heterocycles. The number of aromatic nitrogens is 2. The molecule has 7 heteroatoms. The second kappa shape index (κ2) is 4.96. The number of nitrogen functional groups attached to an aromatic ring is 1. The number of amides is 1. The van der Waals surface area contributed by atoms with Crippen molar-refractivity contribution in [2.24, 2.45) is 5.84 Å². The zero-order chi connectivity index (χ0) is 12.3. The Hall–Kier alpha value is -1.89. The standard InChI is InChI=1S/C10H16N6O/c1-6-9(13-5-14-10(6)16-11)15-7-2-3-8(17)12-4-7/h5,7H,2-4,11H2,1H3,(H,12,17)(H2,13,14,15,16). The summed E-state index contributed by atoms with van der Waals surface area (Å²) in [5.74, 6) is 6.79. The van der Waals surface area contributed by atoms with E-state index in [1.165, 1.54) is 6.33 Å². The molecule has 1 atom stereocenters. The second-order valence-corrected chi connectivity index (χ2v) is 4.02. The highest BCUT2D eigenvalue weighted by Gasteiger charge is 2.19. The lowest BCUT2D eigenvalue weighted by Gasteiger charge is -2.24. The monoisotopic (exact) mass is 236 g/mol. The highest BCUT2D eigenvalue weighted by molar-refractivity contribution is 5.77. The zero-order valence-electron chi connectivity index (χ0n) is 9.66. The molecule has 7 nitrogen and oxygen atoms in total. The van der Waals surface area contributed by atoms with E-state index in [0.717, 1.165) is 17.8 Å². The van der Waals surface area contributed by atoms with Crippen LogP contribution in [0.3, 0.4) is 0 Å². The number of hydrogen-bond donors (Lipinski definition) is 4. The van der Waals surface area contributed by atoms with Crippen LogP contribution < -0.4 is 21.9 Å². The fraction of sp³-hybridized carbons (Fsp3) is 0.500. The maximum absolute atomic E-state index is 11.0. The molecule has 17 heavy (non-hydrogen) atoms. The zero-order valence-corrected chi connectivity index (χ0v) is 9.66. The lowest BCUT2D eigenvalue weighted by atomic mass is 10.1. The topological polar surface area (TPSA) is 105 Å². The van der Waals surface area contributed by atoms with Crippen LogP contribution in [0, 0.1) is 6.92 Å². The van der Waals surface area contributed by atoms with Crippen molar-refractivity contribution in [3.05, 3.63) is 11.9 Å². The average molecular weight is 236 g/mol. The van der Waals surface area contributed by atoms with Crippen molar-refractivity contribution in [3.8, 4) is 0 Å². The van der Waals surface area contributed by atoms with Crippen LogP contribution in [0.1, 0.15) is 18.4 Å². The van der Waals surface area contributed by atoms with Crippen LogP contribution >= 0.6 is 0 Å². The highest BCUT2D eigenvalue weighted by Crippen LogP contribution is 2.19. The molecule has 0 saturated carbocycles. The summed E-state index contributed by atoms with van der Waals surface area (Å²) in [4.78, 5) is 19.2. The van der Waals surface area contributed by atoms with E-state index in [2.05, 4.69) is 26.0 Å². The van der Waals surface area contributed by atoms with E-state index >= 15 is 0 Å². The fourth-order valence-electron chi connectivity index (χ4n) is 1.79. The summed E-state index contributed by atoms with van der Waals surface area (Å²) in [6, 6.07) is 0.201. The van der Waals surface area contributed by atoms with Gasteiger partial charge in [0.15, 0.2) is 0 Å². The Morgan fingerprint density at radius 1 is 1.47 bits per heavy atom. The van der Waals surface area contributed by atoms with Crippen molar-refractivity contribution in [1.82, 2.24) is 15.3 Å². The molecule has 2 rings (SSSR count). The van der Waals surface area contributed by atoms with Gasteiger partial charge in [0.25, 0.3) is 0 Å². The third kappa shape index (κ3) is 2.62. The molecule has 1 fully saturated rings. The summed E-state index contributed by atoms with van der Waals surface area (Å²) in [6.07, 6.45) is 2.80. The summed E-state index contributed by atoms with van der Waals surface area (Å²) in [5.41, 5.74) is 3.39. The molecule has 5 N–H and O–H groups in total. The number of anilines is 2. The average Bonchev–Trinajstić information content (AvgIpc) is 2.35. The number of nitrogens with zero attached hydrogens (tertiary/aromatic N) is 2. The van der Waals surface area contributed by atoms with Crippen LogP contribution in [0.25, 0.3) is 0 Å². The van der Waals surface area contributed by atoms with Crippen molar-refractivity contribution >= 4 is 17.5 Å². The number of carbonyl (C=O) groups excluding carboxylic acids is 1. The van der Waals surface area contributed by atoms with E-state index in [9.17, 15) is 4.79 Å². The molecule has 2 heterocycles. The number of hydrazine groups is 1. The van der Waals surface area contributed by atoms with Gasteiger partial charge in [0.05, 0.1) is 0 Å². The van der Waals surface area contributed by atoms with Crippen molar-refractivity contribution in [1.29, 1.82) is 0 Å². The maximum Gasteiger partial charge on any atom is 0.220 e. The predicted octanol–water partition coefficient (Wildman–Crippen LogP) is -0.239. The normalized spacial score (nSPS) is 19.6. The Balaban J connectivity index is 2.06. The van der Waals surface area contributed by atoms with Gasteiger partial charge in [0.1, 0.15) is 18.0 Å².